The molecule has 4 rings (SSSR count). The summed E-state index contributed by atoms with van der Waals surface area (Å²) in [7, 11) is 5.39. The molecular formula is C32H35F3N4O3. The Hall–Kier alpha value is -4.31. The Balaban J connectivity index is 1.55. The number of hydrogen-bond donors (Lipinski definition) is 1. The highest BCUT2D eigenvalue weighted by molar-refractivity contribution is 5.96. The van der Waals surface area contributed by atoms with E-state index in [0.29, 0.717) is 19.5 Å². The van der Waals surface area contributed by atoms with Crippen LogP contribution in [0.25, 0.3) is 10.9 Å². The van der Waals surface area contributed by atoms with Crippen LogP contribution < -0.4 is 4.90 Å². The number of ether oxygens (including phenoxy) is 1. The molecule has 1 heterocycles. The highest BCUT2D eigenvalue weighted by atomic mass is 19.4. The molecule has 0 fully saturated rings. The van der Waals surface area contributed by atoms with Crippen LogP contribution in [0.1, 0.15) is 27.0 Å². The Kier molecular flexibility index (Phi) is 9.90. The third-order valence-electron chi connectivity index (χ3n) is 7.14. The number of anilines is 1. The SMILES string of the molecule is COCCN(CC(=O)N(CCc1c[nH]c2ccccc12)Cc1ccc(N(C)C)cc1)C(=O)c1ccc(C(F)(F)F)cc1. The van der Waals surface area contributed by atoms with Gasteiger partial charge in [-0.25, -0.2) is 0 Å². The number of nitrogens with one attached hydrogen (secondary N) is 1. The molecule has 0 aliphatic carbocycles. The molecule has 2 amide bonds. The Bertz CT molecular complexity index is 1480. The largest absolute Gasteiger partial charge is 0.416 e. The summed E-state index contributed by atoms with van der Waals surface area (Å²) in [5.74, 6) is -0.816. The molecule has 1 N–H and O–H groups in total. The second-order valence-corrected chi connectivity index (χ2v) is 10.3. The zero-order chi connectivity index (χ0) is 30.3. The van der Waals surface area contributed by atoms with Crippen molar-refractivity contribution in [3.8, 4) is 0 Å². The van der Waals surface area contributed by atoms with Gasteiger partial charge in [-0.3, -0.25) is 9.59 Å². The van der Waals surface area contributed by atoms with E-state index in [0.717, 1.165) is 52.0 Å². The van der Waals surface area contributed by atoms with Crippen molar-refractivity contribution in [2.45, 2.75) is 19.1 Å². The molecule has 0 aliphatic heterocycles. The normalized spacial score (nSPS) is 11.5. The van der Waals surface area contributed by atoms with Crippen molar-refractivity contribution in [2.75, 3.05) is 52.3 Å². The minimum atomic E-state index is -4.51. The lowest BCUT2D eigenvalue weighted by Crippen LogP contribution is -2.44. The Morgan fingerprint density at radius 1 is 0.881 bits per heavy atom. The smallest absolute Gasteiger partial charge is 0.383 e. The van der Waals surface area contributed by atoms with Crippen LogP contribution in [0.5, 0.6) is 0 Å². The van der Waals surface area contributed by atoms with Crippen LogP contribution in [0, 0.1) is 0 Å². The van der Waals surface area contributed by atoms with Gasteiger partial charge in [-0.05, 0) is 60.0 Å². The predicted octanol–water partition coefficient (Wildman–Crippen LogP) is 5.61. The van der Waals surface area contributed by atoms with Gasteiger partial charge in [0.1, 0.15) is 6.54 Å². The number of hydrogen-bond acceptors (Lipinski definition) is 4. The number of carbonyl (C=O) groups is 2. The molecule has 7 nitrogen and oxygen atoms in total. The second-order valence-electron chi connectivity index (χ2n) is 10.3. The van der Waals surface area contributed by atoms with Crippen LogP contribution in [-0.4, -0.2) is 74.0 Å². The second kappa shape index (κ2) is 13.6. The van der Waals surface area contributed by atoms with E-state index in [9.17, 15) is 22.8 Å². The molecule has 0 saturated carbocycles. The number of amides is 2. The number of aromatic amines is 1. The minimum Gasteiger partial charge on any atom is -0.383 e. The van der Waals surface area contributed by atoms with Crippen LogP contribution in [0.2, 0.25) is 0 Å². The van der Waals surface area contributed by atoms with Crippen molar-refractivity contribution in [2.24, 2.45) is 0 Å². The lowest BCUT2D eigenvalue weighted by molar-refractivity contribution is -0.137. The lowest BCUT2D eigenvalue weighted by atomic mass is 10.1. The number of rotatable bonds is 12. The fourth-order valence-electron chi connectivity index (χ4n) is 4.71. The number of halogens is 3. The maximum absolute atomic E-state index is 13.8. The van der Waals surface area contributed by atoms with Crippen molar-refractivity contribution in [1.29, 1.82) is 0 Å². The third kappa shape index (κ3) is 7.70. The Morgan fingerprint density at radius 2 is 1.57 bits per heavy atom. The first-order chi connectivity index (χ1) is 20.1. The Labute approximate surface area is 243 Å². The van der Waals surface area contributed by atoms with Crippen LogP contribution in [0.3, 0.4) is 0 Å². The topological polar surface area (TPSA) is 68.9 Å². The first kappa shape index (κ1) is 30.6. The molecule has 42 heavy (non-hydrogen) atoms. The van der Waals surface area contributed by atoms with Gasteiger partial charge in [0.15, 0.2) is 0 Å². The van der Waals surface area contributed by atoms with Crippen molar-refractivity contribution < 1.29 is 27.5 Å². The van der Waals surface area contributed by atoms with Crippen molar-refractivity contribution in [3.05, 3.63) is 101 Å². The van der Waals surface area contributed by atoms with E-state index in [1.54, 1.807) is 4.90 Å². The summed E-state index contributed by atoms with van der Waals surface area (Å²) in [4.78, 5) is 35.4. The molecule has 0 unspecified atom stereocenters. The van der Waals surface area contributed by atoms with Crippen molar-refractivity contribution >= 4 is 28.4 Å². The fraction of sp³-hybridized carbons (Fsp3) is 0.312. The monoisotopic (exact) mass is 580 g/mol. The summed E-state index contributed by atoms with van der Waals surface area (Å²) in [6, 6.07) is 19.9. The van der Waals surface area contributed by atoms with Crippen molar-refractivity contribution in [3.63, 3.8) is 0 Å². The zero-order valence-electron chi connectivity index (χ0n) is 23.9. The minimum absolute atomic E-state index is 0.0662. The molecule has 0 radical (unpaired) electrons. The number of methoxy groups -OCH3 is 1. The zero-order valence-corrected chi connectivity index (χ0v) is 23.9. The molecule has 0 aliphatic rings. The molecule has 3 aromatic carbocycles. The summed E-state index contributed by atoms with van der Waals surface area (Å²) in [5.41, 5.74) is 3.27. The van der Waals surface area contributed by atoms with E-state index in [4.69, 9.17) is 4.74 Å². The number of nitrogens with zero attached hydrogens (tertiary/aromatic N) is 3. The average molecular weight is 581 g/mol. The van der Waals surface area contributed by atoms with Gasteiger partial charge in [0, 0.05) is 69.2 Å². The quantitative estimate of drug-likeness (QED) is 0.237. The van der Waals surface area contributed by atoms with E-state index in [2.05, 4.69) is 4.98 Å². The van der Waals surface area contributed by atoms with Gasteiger partial charge in [0.25, 0.3) is 5.91 Å². The maximum atomic E-state index is 13.8. The van der Waals surface area contributed by atoms with Gasteiger partial charge in [-0.15, -0.1) is 0 Å². The van der Waals surface area contributed by atoms with Crippen LogP contribution in [0.4, 0.5) is 18.9 Å². The number of benzene rings is 3. The molecule has 0 saturated heterocycles. The number of alkyl halides is 3. The highest BCUT2D eigenvalue weighted by Gasteiger charge is 2.31. The van der Waals surface area contributed by atoms with E-state index >= 15 is 0 Å². The fourth-order valence-corrected chi connectivity index (χ4v) is 4.71. The number of H-pyrrole nitrogens is 1. The van der Waals surface area contributed by atoms with Gasteiger partial charge >= 0.3 is 6.18 Å². The van der Waals surface area contributed by atoms with Gasteiger partial charge in [-0.1, -0.05) is 30.3 Å². The van der Waals surface area contributed by atoms with Crippen LogP contribution >= 0.6 is 0 Å². The van der Waals surface area contributed by atoms with Crippen LogP contribution in [-0.2, 0) is 28.7 Å². The summed E-state index contributed by atoms with van der Waals surface area (Å²) >= 11 is 0. The lowest BCUT2D eigenvalue weighted by Gasteiger charge is -2.28. The molecule has 1 aromatic heterocycles. The van der Waals surface area contributed by atoms with Gasteiger partial charge in [0.2, 0.25) is 5.91 Å². The van der Waals surface area contributed by atoms with E-state index < -0.39 is 17.6 Å². The number of carbonyl (C=O) groups excluding carboxylic acids is 2. The standard InChI is InChI=1S/C32H35F3N4O3/c1-37(2)27-14-8-23(9-15-27)21-38(17-16-25-20-36-29-7-5-4-6-28(25)29)30(40)22-39(18-19-42-3)31(41)24-10-12-26(13-11-24)32(33,34)35/h4-15,20,36H,16-19,21-22H2,1-3H3. The van der Waals surface area contributed by atoms with Crippen LogP contribution in [0.15, 0.2) is 79.0 Å². The molecular weight excluding hydrogens is 545 g/mol. The first-order valence-electron chi connectivity index (χ1n) is 13.6. The van der Waals surface area contributed by atoms with E-state index in [1.165, 1.54) is 12.0 Å². The average Bonchev–Trinajstić information content (AvgIpc) is 3.39. The predicted molar refractivity (Wildman–Crippen MR) is 157 cm³/mol. The molecule has 222 valence electrons. The number of fused-ring (bicyclic) bond motifs is 1. The molecule has 0 bridgehead atoms. The molecule has 0 spiro atoms. The summed E-state index contributed by atoms with van der Waals surface area (Å²) < 4.78 is 44.3. The van der Waals surface area contributed by atoms with Gasteiger partial charge < -0.3 is 24.4 Å². The number of aromatic nitrogens is 1. The molecule has 0 atom stereocenters. The summed E-state index contributed by atoms with van der Waals surface area (Å²) in [6.07, 6.45) is -1.97. The maximum Gasteiger partial charge on any atom is 0.416 e. The highest BCUT2D eigenvalue weighted by Crippen LogP contribution is 2.29. The first-order valence-corrected chi connectivity index (χ1v) is 13.6. The van der Waals surface area contributed by atoms with Gasteiger partial charge in [-0.2, -0.15) is 13.2 Å². The summed E-state index contributed by atoms with van der Waals surface area (Å²) in [5, 5.41) is 1.08. The van der Waals surface area contributed by atoms with Crippen molar-refractivity contribution in [1.82, 2.24) is 14.8 Å². The Morgan fingerprint density at radius 3 is 2.21 bits per heavy atom. The molecule has 4 aromatic rings. The van der Waals surface area contributed by atoms with E-state index in [1.807, 2.05) is 73.7 Å². The third-order valence-corrected chi connectivity index (χ3v) is 7.14. The summed E-state index contributed by atoms with van der Waals surface area (Å²) in [6.45, 7) is 0.772. The number of para-hydroxylation sites is 1. The van der Waals surface area contributed by atoms with Gasteiger partial charge in [0.05, 0.1) is 12.2 Å². The molecule has 10 heteroatoms. The van der Waals surface area contributed by atoms with E-state index in [-0.39, 0.29) is 31.2 Å².